The molecule has 1 heterocycles. The predicted molar refractivity (Wildman–Crippen MR) is 59.2 cm³/mol. The van der Waals surface area contributed by atoms with Crippen molar-refractivity contribution in [3.63, 3.8) is 0 Å². The standard InChI is InChI=1S/C10H15NO3S/c1-7-6-15-9(13)11(7)5-8(12)14-10(2,3)4/h6H,5H2,1-4H3. The molecule has 4 nitrogen and oxygen atoms in total. The van der Waals surface area contributed by atoms with Crippen LogP contribution >= 0.6 is 11.3 Å². The molecule has 0 aromatic carbocycles. The molecule has 5 heteroatoms. The lowest BCUT2D eigenvalue weighted by molar-refractivity contribution is -0.155. The average molecular weight is 229 g/mol. The second-order valence-electron chi connectivity index (χ2n) is 4.32. The van der Waals surface area contributed by atoms with Gasteiger partial charge in [-0.15, -0.1) is 0 Å². The highest BCUT2D eigenvalue weighted by atomic mass is 32.1. The smallest absolute Gasteiger partial charge is 0.326 e. The van der Waals surface area contributed by atoms with Gasteiger partial charge in [0.15, 0.2) is 0 Å². The van der Waals surface area contributed by atoms with Crippen LogP contribution in [-0.4, -0.2) is 16.1 Å². The van der Waals surface area contributed by atoms with E-state index < -0.39 is 5.60 Å². The summed E-state index contributed by atoms with van der Waals surface area (Å²) in [4.78, 5) is 22.6. The van der Waals surface area contributed by atoms with Crippen molar-refractivity contribution in [1.29, 1.82) is 0 Å². The number of aromatic nitrogens is 1. The van der Waals surface area contributed by atoms with Crippen molar-refractivity contribution in [3.8, 4) is 0 Å². The average Bonchev–Trinajstić information content (AvgIpc) is 2.32. The molecule has 0 saturated heterocycles. The fourth-order valence-electron chi connectivity index (χ4n) is 1.10. The maximum atomic E-state index is 11.5. The third-order valence-corrected chi connectivity index (χ3v) is 2.56. The second kappa shape index (κ2) is 4.18. The molecule has 0 radical (unpaired) electrons. The zero-order valence-corrected chi connectivity index (χ0v) is 10.2. The summed E-state index contributed by atoms with van der Waals surface area (Å²) >= 11 is 1.09. The Labute approximate surface area is 92.5 Å². The number of thiazole rings is 1. The Balaban J connectivity index is 2.72. The van der Waals surface area contributed by atoms with E-state index in [4.69, 9.17) is 4.74 Å². The van der Waals surface area contributed by atoms with Gasteiger partial charge >= 0.3 is 10.8 Å². The van der Waals surface area contributed by atoms with Gasteiger partial charge in [0.25, 0.3) is 0 Å². The zero-order chi connectivity index (χ0) is 11.6. The Kier molecular flexibility index (Phi) is 3.34. The highest BCUT2D eigenvalue weighted by Gasteiger charge is 2.17. The predicted octanol–water partition coefficient (Wildman–Crippen LogP) is 1.56. The van der Waals surface area contributed by atoms with Gasteiger partial charge in [-0.3, -0.25) is 14.2 Å². The summed E-state index contributed by atoms with van der Waals surface area (Å²) in [6.45, 7) is 7.18. The van der Waals surface area contributed by atoms with Crippen molar-refractivity contribution in [2.75, 3.05) is 0 Å². The first-order valence-electron chi connectivity index (χ1n) is 4.66. The van der Waals surface area contributed by atoms with Crippen molar-refractivity contribution >= 4 is 17.3 Å². The Morgan fingerprint density at radius 1 is 1.53 bits per heavy atom. The molecule has 1 aromatic rings. The molecule has 0 saturated carbocycles. The van der Waals surface area contributed by atoms with Crippen LogP contribution in [-0.2, 0) is 16.1 Å². The van der Waals surface area contributed by atoms with Crippen LogP contribution in [0.5, 0.6) is 0 Å². The molecule has 0 atom stereocenters. The molecule has 1 aromatic heterocycles. The number of esters is 1. The highest BCUT2D eigenvalue weighted by molar-refractivity contribution is 7.07. The first-order chi connectivity index (χ1) is 6.79. The van der Waals surface area contributed by atoms with Crippen molar-refractivity contribution in [2.45, 2.75) is 39.8 Å². The van der Waals surface area contributed by atoms with E-state index >= 15 is 0 Å². The molecule has 0 spiro atoms. The van der Waals surface area contributed by atoms with E-state index in [1.807, 2.05) is 0 Å². The summed E-state index contributed by atoms with van der Waals surface area (Å²) in [5.41, 5.74) is 0.279. The molecule has 0 aliphatic carbocycles. The van der Waals surface area contributed by atoms with Crippen molar-refractivity contribution in [1.82, 2.24) is 4.57 Å². The molecule has 0 amide bonds. The van der Waals surface area contributed by atoms with E-state index in [-0.39, 0.29) is 17.4 Å². The Morgan fingerprint density at radius 2 is 2.13 bits per heavy atom. The fraction of sp³-hybridized carbons (Fsp3) is 0.600. The van der Waals surface area contributed by atoms with E-state index in [0.717, 1.165) is 17.0 Å². The van der Waals surface area contributed by atoms with E-state index in [2.05, 4.69) is 0 Å². The van der Waals surface area contributed by atoms with Crippen molar-refractivity contribution in [3.05, 3.63) is 20.7 Å². The second-order valence-corrected chi connectivity index (χ2v) is 5.14. The number of ether oxygens (including phenoxy) is 1. The molecule has 84 valence electrons. The number of hydrogen-bond acceptors (Lipinski definition) is 4. The maximum absolute atomic E-state index is 11.5. The van der Waals surface area contributed by atoms with Gasteiger partial charge in [0.1, 0.15) is 12.1 Å². The number of aryl methyl sites for hydroxylation is 1. The summed E-state index contributed by atoms with van der Waals surface area (Å²) in [5.74, 6) is -0.383. The number of carbonyl (C=O) groups is 1. The number of carbonyl (C=O) groups excluding carboxylic acids is 1. The molecular weight excluding hydrogens is 214 g/mol. The molecule has 0 aliphatic heterocycles. The van der Waals surface area contributed by atoms with E-state index in [9.17, 15) is 9.59 Å². The summed E-state index contributed by atoms with van der Waals surface area (Å²) in [6.07, 6.45) is 0. The molecule has 0 aliphatic rings. The zero-order valence-electron chi connectivity index (χ0n) is 9.36. The van der Waals surface area contributed by atoms with Crippen LogP contribution < -0.4 is 4.87 Å². The lowest BCUT2D eigenvalue weighted by Crippen LogP contribution is -2.29. The minimum atomic E-state index is -0.509. The minimum absolute atomic E-state index is 0.00850. The van der Waals surface area contributed by atoms with Crippen LogP contribution in [0.4, 0.5) is 0 Å². The lowest BCUT2D eigenvalue weighted by Gasteiger charge is -2.19. The van der Waals surface area contributed by atoms with E-state index in [1.54, 1.807) is 33.1 Å². The molecule has 0 unspecified atom stereocenters. The van der Waals surface area contributed by atoms with Crippen molar-refractivity contribution < 1.29 is 9.53 Å². The Morgan fingerprint density at radius 3 is 2.53 bits per heavy atom. The quantitative estimate of drug-likeness (QED) is 0.723. The summed E-state index contributed by atoms with van der Waals surface area (Å²) in [6, 6.07) is 0. The topological polar surface area (TPSA) is 48.3 Å². The SMILES string of the molecule is Cc1csc(=O)n1CC(=O)OC(C)(C)C. The first-order valence-corrected chi connectivity index (χ1v) is 5.54. The van der Waals surface area contributed by atoms with Gasteiger partial charge in [-0.1, -0.05) is 11.3 Å². The Hall–Kier alpha value is -1.10. The number of nitrogens with zero attached hydrogens (tertiary/aromatic N) is 1. The normalized spacial score (nSPS) is 11.5. The van der Waals surface area contributed by atoms with Crippen LogP contribution in [0.3, 0.4) is 0 Å². The van der Waals surface area contributed by atoms with Gasteiger partial charge in [0, 0.05) is 11.1 Å². The van der Waals surface area contributed by atoms with Crippen LogP contribution in [0, 0.1) is 6.92 Å². The van der Waals surface area contributed by atoms with Gasteiger partial charge in [0.2, 0.25) is 0 Å². The van der Waals surface area contributed by atoms with Crippen LogP contribution in [0.25, 0.3) is 0 Å². The third-order valence-electron chi connectivity index (χ3n) is 1.68. The summed E-state index contributed by atoms with van der Waals surface area (Å²) < 4.78 is 6.54. The molecule has 0 fully saturated rings. The van der Waals surface area contributed by atoms with Crippen molar-refractivity contribution in [2.24, 2.45) is 0 Å². The van der Waals surface area contributed by atoms with Gasteiger partial charge < -0.3 is 4.74 Å². The lowest BCUT2D eigenvalue weighted by atomic mass is 10.2. The Bertz CT molecular complexity index is 411. The molecule has 1 rings (SSSR count). The van der Waals surface area contributed by atoms with Crippen LogP contribution in [0.2, 0.25) is 0 Å². The van der Waals surface area contributed by atoms with Gasteiger partial charge in [-0.05, 0) is 27.7 Å². The van der Waals surface area contributed by atoms with Crippen LogP contribution in [0.1, 0.15) is 26.5 Å². The third kappa shape index (κ3) is 3.51. The van der Waals surface area contributed by atoms with Gasteiger partial charge in [0.05, 0.1) is 0 Å². The summed E-state index contributed by atoms with van der Waals surface area (Å²) in [5, 5.41) is 1.73. The molecule has 0 N–H and O–H groups in total. The van der Waals surface area contributed by atoms with E-state index in [0.29, 0.717) is 0 Å². The number of hydrogen-bond donors (Lipinski definition) is 0. The van der Waals surface area contributed by atoms with E-state index in [1.165, 1.54) is 4.57 Å². The highest BCUT2D eigenvalue weighted by Crippen LogP contribution is 2.08. The molecule has 0 bridgehead atoms. The largest absolute Gasteiger partial charge is 0.459 e. The number of rotatable bonds is 2. The molecular formula is C10H15NO3S. The first kappa shape index (κ1) is 12.0. The van der Waals surface area contributed by atoms with Crippen LogP contribution in [0.15, 0.2) is 10.2 Å². The monoisotopic (exact) mass is 229 g/mol. The van der Waals surface area contributed by atoms with Gasteiger partial charge in [-0.2, -0.15) is 0 Å². The van der Waals surface area contributed by atoms with Gasteiger partial charge in [-0.25, -0.2) is 0 Å². The summed E-state index contributed by atoms with van der Waals surface area (Å²) in [7, 11) is 0. The minimum Gasteiger partial charge on any atom is -0.459 e. The fourth-order valence-corrected chi connectivity index (χ4v) is 1.83. The molecule has 15 heavy (non-hydrogen) atoms. The maximum Gasteiger partial charge on any atom is 0.326 e.